The molecule has 1 spiro atoms. The standard InChI is InChI=1S/C26H23N3O4/c1-33-21-12-10-20(11-13-21)27-23(30)19-8-6-17(7-9-19)16-29-24(31)26(28-25(29)32)15-14-18-4-2-3-5-22(18)26/h2-13H,14-16H2,1H3,(H,27,30)(H,28,32)/t26-/m0/s1. The van der Waals surface area contributed by atoms with Gasteiger partial charge in [0.1, 0.15) is 11.3 Å². The van der Waals surface area contributed by atoms with Crippen LogP contribution >= 0.6 is 0 Å². The fourth-order valence-electron chi connectivity index (χ4n) is 4.55. The first kappa shape index (κ1) is 20.8. The number of anilines is 1. The summed E-state index contributed by atoms with van der Waals surface area (Å²) in [6, 6.07) is 21.3. The summed E-state index contributed by atoms with van der Waals surface area (Å²) in [5.74, 6) is 0.239. The zero-order valence-electron chi connectivity index (χ0n) is 18.1. The zero-order valence-corrected chi connectivity index (χ0v) is 18.1. The second kappa shape index (κ2) is 8.09. The van der Waals surface area contributed by atoms with Crippen LogP contribution in [-0.4, -0.2) is 29.9 Å². The third-order valence-corrected chi connectivity index (χ3v) is 6.33. The Morgan fingerprint density at radius 1 is 1.03 bits per heavy atom. The van der Waals surface area contributed by atoms with E-state index in [1.165, 1.54) is 4.90 Å². The first-order chi connectivity index (χ1) is 16.0. The number of benzene rings is 3. The highest BCUT2D eigenvalue weighted by Crippen LogP contribution is 2.41. The van der Waals surface area contributed by atoms with E-state index >= 15 is 0 Å². The van der Waals surface area contributed by atoms with Crippen molar-refractivity contribution < 1.29 is 19.1 Å². The van der Waals surface area contributed by atoms with E-state index in [4.69, 9.17) is 4.74 Å². The van der Waals surface area contributed by atoms with Gasteiger partial charge in [-0.1, -0.05) is 36.4 Å². The van der Waals surface area contributed by atoms with Crippen LogP contribution in [0.25, 0.3) is 0 Å². The molecule has 0 aromatic heterocycles. The van der Waals surface area contributed by atoms with Gasteiger partial charge in [0.2, 0.25) is 0 Å². The van der Waals surface area contributed by atoms with Crippen LogP contribution in [0.2, 0.25) is 0 Å². The van der Waals surface area contributed by atoms with Gasteiger partial charge in [-0.2, -0.15) is 0 Å². The Morgan fingerprint density at radius 3 is 2.48 bits per heavy atom. The average molecular weight is 441 g/mol. The van der Waals surface area contributed by atoms with Gasteiger partial charge in [0.05, 0.1) is 13.7 Å². The molecule has 166 valence electrons. The number of hydrogen-bond acceptors (Lipinski definition) is 4. The van der Waals surface area contributed by atoms with E-state index in [1.807, 2.05) is 24.3 Å². The third kappa shape index (κ3) is 3.61. The highest BCUT2D eigenvalue weighted by molar-refractivity contribution is 6.08. The van der Waals surface area contributed by atoms with E-state index in [-0.39, 0.29) is 18.4 Å². The Hall–Kier alpha value is -4.13. The maximum Gasteiger partial charge on any atom is 0.325 e. The van der Waals surface area contributed by atoms with Crippen LogP contribution in [0.3, 0.4) is 0 Å². The van der Waals surface area contributed by atoms with E-state index in [9.17, 15) is 14.4 Å². The first-order valence-corrected chi connectivity index (χ1v) is 10.8. The molecule has 5 rings (SSSR count). The smallest absolute Gasteiger partial charge is 0.325 e. The van der Waals surface area contributed by atoms with Crippen molar-refractivity contribution in [3.8, 4) is 5.75 Å². The minimum absolute atomic E-state index is 0.148. The molecule has 1 aliphatic heterocycles. The molecule has 1 heterocycles. The normalized spacial score (nSPS) is 18.9. The van der Waals surface area contributed by atoms with E-state index in [1.54, 1.807) is 55.6 Å². The van der Waals surface area contributed by atoms with Crippen molar-refractivity contribution in [3.63, 3.8) is 0 Å². The Bertz CT molecular complexity index is 1240. The molecule has 3 aromatic carbocycles. The number of aryl methyl sites for hydroxylation is 1. The molecule has 7 nitrogen and oxygen atoms in total. The van der Waals surface area contributed by atoms with E-state index in [0.29, 0.717) is 23.4 Å². The number of rotatable bonds is 5. The molecular weight excluding hydrogens is 418 g/mol. The predicted octanol–water partition coefficient (Wildman–Crippen LogP) is 3.84. The number of methoxy groups -OCH3 is 1. The molecule has 4 amide bonds. The van der Waals surface area contributed by atoms with Gasteiger partial charge in [-0.25, -0.2) is 4.79 Å². The van der Waals surface area contributed by atoms with Crippen molar-refractivity contribution in [2.75, 3.05) is 12.4 Å². The van der Waals surface area contributed by atoms with Gasteiger partial charge in [-0.3, -0.25) is 14.5 Å². The highest BCUT2D eigenvalue weighted by Gasteiger charge is 2.55. The number of nitrogens with zero attached hydrogens (tertiary/aromatic N) is 1. The Labute approximate surface area is 191 Å². The number of fused-ring (bicyclic) bond motifs is 2. The molecule has 3 aromatic rings. The van der Waals surface area contributed by atoms with Crippen LogP contribution in [-0.2, 0) is 23.3 Å². The summed E-state index contributed by atoms with van der Waals surface area (Å²) in [6.07, 6.45) is 1.33. The van der Waals surface area contributed by atoms with E-state index in [2.05, 4.69) is 10.6 Å². The Kier molecular flexibility index (Phi) is 5.09. The molecule has 0 saturated carbocycles. The summed E-state index contributed by atoms with van der Waals surface area (Å²) < 4.78 is 5.12. The minimum atomic E-state index is -0.966. The second-order valence-electron chi connectivity index (χ2n) is 8.26. The fraction of sp³-hybridized carbons (Fsp3) is 0.192. The lowest BCUT2D eigenvalue weighted by atomic mass is 9.92. The lowest BCUT2D eigenvalue weighted by Gasteiger charge is -2.22. The quantitative estimate of drug-likeness (QED) is 0.589. The molecular formula is C26H23N3O4. The average Bonchev–Trinajstić information content (AvgIpc) is 3.33. The SMILES string of the molecule is COc1ccc(NC(=O)c2ccc(CN3C(=O)N[C@]4(CCc5ccccc54)C3=O)cc2)cc1. The van der Waals surface area contributed by atoms with Gasteiger partial charge in [-0.05, 0) is 65.9 Å². The van der Waals surface area contributed by atoms with Gasteiger partial charge in [-0.15, -0.1) is 0 Å². The Balaban J connectivity index is 1.28. The third-order valence-electron chi connectivity index (χ3n) is 6.33. The zero-order chi connectivity index (χ0) is 23.0. The van der Waals surface area contributed by atoms with Crippen molar-refractivity contribution in [2.45, 2.75) is 24.9 Å². The molecule has 7 heteroatoms. The molecule has 2 aliphatic rings. The predicted molar refractivity (Wildman–Crippen MR) is 123 cm³/mol. The molecule has 0 bridgehead atoms. The number of ether oxygens (including phenoxy) is 1. The molecule has 1 aliphatic carbocycles. The number of urea groups is 1. The van der Waals surface area contributed by atoms with E-state index in [0.717, 1.165) is 23.1 Å². The van der Waals surface area contributed by atoms with Crippen molar-refractivity contribution in [3.05, 3.63) is 95.1 Å². The van der Waals surface area contributed by atoms with Crippen LogP contribution in [0, 0.1) is 0 Å². The highest BCUT2D eigenvalue weighted by atomic mass is 16.5. The van der Waals surface area contributed by atoms with Gasteiger partial charge in [0, 0.05) is 11.3 Å². The van der Waals surface area contributed by atoms with Crippen LogP contribution in [0.5, 0.6) is 5.75 Å². The summed E-state index contributed by atoms with van der Waals surface area (Å²) in [6.45, 7) is 0.148. The monoisotopic (exact) mass is 441 g/mol. The van der Waals surface area contributed by atoms with Crippen LogP contribution < -0.4 is 15.4 Å². The van der Waals surface area contributed by atoms with Gasteiger partial charge < -0.3 is 15.4 Å². The van der Waals surface area contributed by atoms with Crippen LogP contribution in [0.4, 0.5) is 10.5 Å². The van der Waals surface area contributed by atoms with Gasteiger partial charge >= 0.3 is 6.03 Å². The minimum Gasteiger partial charge on any atom is -0.497 e. The molecule has 1 fully saturated rings. The lowest BCUT2D eigenvalue weighted by molar-refractivity contribution is -0.132. The summed E-state index contributed by atoms with van der Waals surface area (Å²) in [5, 5.41) is 5.77. The number of nitrogens with one attached hydrogen (secondary N) is 2. The van der Waals surface area contributed by atoms with Gasteiger partial charge in [0.25, 0.3) is 11.8 Å². The summed E-state index contributed by atoms with van der Waals surface area (Å²) in [4.78, 5) is 39.8. The Morgan fingerprint density at radius 2 is 1.76 bits per heavy atom. The number of carbonyl (C=O) groups is 3. The number of carbonyl (C=O) groups excluding carboxylic acids is 3. The van der Waals surface area contributed by atoms with Crippen molar-refractivity contribution in [1.82, 2.24) is 10.2 Å². The maximum absolute atomic E-state index is 13.3. The number of imide groups is 1. The molecule has 1 saturated heterocycles. The number of hydrogen-bond donors (Lipinski definition) is 2. The molecule has 1 atom stereocenters. The van der Waals surface area contributed by atoms with Crippen molar-refractivity contribution in [2.24, 2.45) is 0 Å². The first-order valence-electron chi connectivity index (χ1n) is 10.8. The van der Waals surface area contributed by atoms with Crippen molar-refractivity contribution >= 4 is 23.5 Å². The largest absolute Gasteiger partial charge is 0.497 e. The lowest BCUT2D eigenvalue weighted by Crippen LogP contribution is -2.41. The summed E-state index contributed by atoms with van der Waals surface area (Å²) >= 11 is 0. The molecule has 33 heavy (non-hydrogen) atoms. The van der Waals surface area contributed by atoms with Crippen molar-refractivity contribution in [1.29, 1.82) is 0 Å². The molecule has 2 N–H and O–H groups in total. The van der Waals surface area contributed by atoms with E-state index < -0.39 is 11.6 Å². The maximum atomic E-state index is 13.3. The number of amides is 4. The summed E-state index contributed by atoms with van der Waals surface area (Å²) in [7, 11) is 1.58. The van der Waals surface area contributed by atoms with Gasteiger partial charge in [0.15, 0.2) is 0 Å². The topological polar surface area (TPSA) is 87.7 Å². The summed E-state index contributed by atoms with van der Waals surface area (Å²) in [5.41, 5.74) is 2.92. The molecule has 0 unspecified atom stereocenters. The van der Waals surface area contributed by atoms with Crippen LogP contribution in [0.15, 0.2) is 72.8 Å². The second-order valence-corrected chi connectivity index (χ2v) is 8.26. The van der Waals surface area contributed by atoms with Crippen LogP contribution in [0.1, 0.15) is 33.5 Å². The molecule has 0 radical (unpaired) electrons. The fourth-order valence-corrected chi connectivity index (χ4v) is 4.55.